The first-order valence-corrected chi connectivity index (χ1v) is 9.64. The number of halogens is 1. The van der Waals surface area contributed by atoms with Crippen LogP contribution in [0.4, 0.5) is 4.39 Å². The Balaban J connectivity index is 1.87. The molecule has 2 aromatic rings. The molecule has 0 amide bonds. The van der Waals surface area contributed by atoms with Crippen LogP contribution in [-0.4, -0.2) is 10.8 Å². The summed E-state index contributed by atoms with van der Waals surface area (Å²) >= 11 is 1.64. The summed E-state index contributed by atoms with van der Waals surface area (Å²) in [5.74, 6) is -0.424. The molecule has 0 N–H and O–H groups in total. The van der Waals surface area contributed by atoms with E-state index < -0.39 is 0 Å². The molecular formula is C23H18FNOS. The number of carbonyl (C=O) groups excluding carboxylic acids is 1. The molecule has 0 spiro atoms. The normalized spacial score (nSPS) is 11.1. The smallest absolute Gasteiger partial charge is 0.193 e. The Morgan fingerprint density at radius 3 is 2.37 bits per heavy atom. The first-order valence-electron chi connectivity index (χ1n) is 8.76. The van der Waals surface area contributed by atoms with Gasteiger partial charge in [0.25, 0.3) is 0 Å². The molecule has 0 aliphatic heterocycles. The number of fused-ring (bicyclic) bond motifs is 1. The minimum Gasteiger partial charge on any atom is -0.289 e. The SMILES string of the molecule is Cc1csc(Cc2c3cccccc-3c(C(=O)c3ccc([18F])cc3)c2C)n1. The van der Waals surface area contributed by atoms with Crippen LogP contribution in [0.3, 0.4) is 0 Å². The molecule has 4 heteroatoms. The van der Waals surface area contributed by atoms with Crippen LogP contribution in [0.5, 0.6) is 0 Å². The lowest BCUT2D eigenvalue weighted by Gasteiger charge is -2.04. The van der Waals surface area contributed by atoms with Crippen LogP contribution in [-0.2, 0) is 6.42 Å². The fourth-order valence-electron chi connectivity index (χ4n) is 3.48. The minimum absolute atomic E-state index is 0.0785. The Hall–Kier alpha value is -2.85. The minimum atomic E-state index is -0.345. The fraction of sp³-hybridized carbons (Fsp3) is 0.130. The van der Waals surface area contributed by atoms with Gasteiger partial charge in [0, 0.05) is 28.6 Å². The maximum atomic E-state index is 13.3. The third-order valence-electron chi connectivity index (χ3n) is 4.79. The number of carbonyl (C=O) groups is 1. The van der Waals surface area contributed by atoms with Crippen molar-refractivity contribution in [3.8, 4) is 11.1 Å². The Bertz CT molecular complexity index is 1100. The van der Waals surface area contributed by atoms with Crippen molar-refractivity contribution < 1.29 is 9.18 Å². The summed E-state index contributed by atoms with van der Waals surface area (Å²) < 4.78 is 13.3. The van der Waals surface area contributed by atoms with Crippen LogP contribution in [0.25, 0.3) is 11.1 Å². The van der Waals surface area contributed by atoms with Crippen molar-refractivity contribution in [2.45, 2.75) is 20.3 Å². The number of rotatable bonds is 4. The second-order valence-electron chi connectivity index (χ2n) is 6.61. The molecule has 2 aliphatic carbocycles. The van der Waals surface area contributed by atoms with E-state index >= 15 is 0 Å². The molecule has 1 aromatic heterocycles. The second kappa shape index (κ2) is 7.05. The number of hydrogen-bond acceptors (Lipinski definition) is 3. The Morgan fingerprint density at radius 1 is 1.00 bits per heavy atom. The molecule has 134 valence electrons. The molecule has 1 aromatic carbocycles. The second-order valence-corrected chi connectivity index (χ2v) is 7.55. The lowest BCUT2D eigenvalue weighted by Crippen LogP contribution is -2.03. The first-order chi connectivity index (χ1) is 13.0. The molecule has 27 heavy (non-hydrogen) atoms. The lowest BCUT2D eigenvalue weighted by atomic mass is 9.99. The number of aryl methyl sites for hydroxylation is 1. The highest BCUT2D eigenvalue weighted by molar-refractivity contribution is 7.09. The largest absolute Gasteiger partial charge is 0.289 e. The van der Waals surface area contributed by atoms with E-state index in [4.69, 9.17) is 0 Å². The number of ketones is 1. The lowest BCUT2D eigenvalue weighted by molar-refractivity contribution is 0.103. The van der Waals surface area contributed by atoms with Gasteiger partial charge in [0.2, 0.25) is 0 Å². The maximum Gasteiger partial charge on any atom is 0.193 e. The van der Waals surface area contributed by atoms with Crippen molar-refractivity contribution in [1.82, 2.24) is 4.98 Å². The van der Waals surface area contributed by atoms with Gasteiger partial charge < -0.3 is 0 Å². The van der Waals surface area contributed by atoms with Gasteiger partial charge in [0.1, 0.15) is 5.82 Å². The van der Waals surface area contributed by atoms with Gasteiger partial charge in [0.15, 0.2) is 5.78 Å². The van der Waals surface area contributed by atoms with Gasteiger partial charge in [-0.05, 0) is 60.4 Å². The van der Waals surface area contributed by atoms with E-state index in [1.165, 1.54) is 12.1 Å². The number of nitrogens with zero attached hydrogens (tertiary/aromatic N) is 1. The van der Waals surface area contributed by atoms with Crippen molar-refractivity contribution in [3.63, 3.8) is 0 Å². The third-order valence-corrected chi connectivity index (χ3v) is 5.76. The Kier molecular flexibility index (Phi) is 4.58. The average molecular weight is 374 g/mol. The van der Waals surface area contributed by atoms with E-state index in [0.717, 1.165) is 33.0 Å². The molecule has 0 saturated heterocycles. The van der Waals surface area contributed by atoms with Crippen molar-refractivity contribution in [3.05, 3.63) is 98.7 Å². The molecule has 0 fully saturated rings. The average Bonchev–Trinajstić information content (AvgIpc) is 3.06. The predicted octanol–water partition coefficient (Wildman–Crippen LogP) is 5.83. The fourth-order valence-corrected chi connectivity index (χ4v) is 4.27. The highest BCUT2D eigenvalue weighted by Crippen LogP contribution is 2.38. The highest BCUT2D eigenvalue weighted by Gasteiger charge is 2.25. The molecule has 2 nitrogen and oxygen atoms in total. The van der Waals surface area contributed by atoms with Crippen molar-refractivity contribution >= 4 is 17.1 Å². The number of thiazole rings is 1. The molecule has 0 saturated carbocycles. The predicted molar refractivity (Wildman–Crippen MR) is 107 cm³/mol. The van der Waals surface area contributed by atoms with Crippen LogP contribution in [0.2, 0.25) is 0 Å². The summed E-state index contributed by atoms with van der Waals surface area (Å²) in [7, 11) is 0. The maximum absolute atomic E-state index is 13.3. The van der Waals surface area contributed by atoms with Crippen LogP contribution in [0, 0.1) is 19.7 Å². The van der Waals surface area contributed by atoms with Crippen LogP contribution in [0.1, 0.15) is 37.7 Å². The zero-order valence-corrected chi connectivity index (χ0v) is 15.9. The molecule has 0 unspecified atom stereocenters. The molecule has 4 rings (SSSR count). The highest BCUT2D eigenvalue weighted by atomic mass is 32.1. The van der Waals surface area contributed by atoms with Crippen LogP contribution >= 0.6 is 11.3 Å². The van der Waals surface area contributed by atoms with Gasteiger partial charge in [-0.1, -0.05) is 30.3 Å². The van der Waals surface area contributed by atoms with E-state index in [1.54, 1.807) is 23.5 Å². The topological polar surface area (TPSA) is 30.0 Å². The summed E-state index contributed by atoms with van der Waals surface area (Å²) in [5, 5.41) is 3.08. The van der Waals surface area contributed by atoms with Gasteiger partial charge in [-0.25, -0.2) is 9.37 Å². The summed E-state index contributed by atoms with van der Waals surface area (Å²) in [6, 6.07) is 15.7. The molecule has 0 atom stereocenters. The molecule has 0 bridgehead atoms. The van der Waals surface area contributed by atoms with Gasteiger partial charge in [-0.2, -0.15) is 0 Å². The van der Waals surface area contributed by atoms with Gasteiger partial charge in [-0.15, -0.1) is 11.3 Å². The zero-order chi connectivity index (χ0) is 19.0. The Labute approximate surface area is 161 Å². The Morgan fingerprint density at radius 2 is 1.70 bits per heavy atom. The van der Waals surface area contributed by atoms with E-state index in [0.29, 0.717) is 17.5 Å². The summed E-state index contributed by atoms with van der Waals surface area (Å²) in [6.45, 7) is 3.98. The van der Waals surface area contributed by atoms with Gasteiger partial charge in [0.05, 0.1) is 5.01 Å². The quantitative estimate of drug-likeness (QED) is 0.421. The standard InChI is InChI=1S/C23H18FNOS/c1-14-13-27-21(25-14)12-20-15(2)22(19-7-5-3-4-6-18(19)20)23(26)16-8-10-17(24)11-9-16/h3-11,13H,12H2,1-2H3/i24-1. The number of aromatic nitrogens is 1. The molecule has 1 heterocycles. The zero-order valence-electron chi connectivity index (χ0n) is 15.1. The van der Waals surface area contributed by atoms with E-state index in [2.05, 4.69) is 11.1 Å². The van der Waals surface area contributed by atoms with Crippen molar-refractivity contribution in [1.29, 1.82) is 0 Å². The summed E-state index contributed by atoms with van der Waals surface area (Å²) in [4.78, 5) is 17.8. The first kappa shape index (κ1) is 17.6. The summed E-state index contributed by atoms with van der Waals surface area (Å²) in [6.07, 6.45) is 0.696. The van der Waals surface area contributed by atoms with Crippen LogP contribution < -0.4 is 0 Å². The van der Waals surface area contributed by atoms with E-state index in [-0.39, 0.29) is 11.6 Å². The van der Waals surface area contributed by atoms with E-state index in [1.807, 2.05) is 43.5 Å². The molecule has 2 aliphatic rings. The number of benzene rings is 1. The monoisotopic (exact) mass is 374 g/mol. The van der Waals surface area contributed by atoms with Gasteiger partial charge >= 0.3 is 0 Å². The van der Waals surface area contributed by atoms with E-state index in [9.17, 15) is 9.18 Å². The van der Waals surface area contributed by atoms with Crippen molar-refractivity contribution in [2.75, 3.05) is 0 Å². The van der Waals surface area contributed by atoms with Crippen molar-refractivity contribution in [2.24, 2.45) is 0 Å². The molecular weight excluding hydrogens is 356 g/mol. The van der Waals surface area contributed by atoms with Crippen LogP contribution in [0.15, 0.2) is 60.0 Å². The summed E-state index contributed by atoms with van der Waals surface area (Å²) in [5.41, 5.74) is 6.28. The number of hydrogen-bond donors (Lipinski definition) is 0. The molecule has 0 radical (unpaired) electrons. The van der Waals surface area contributed by atoms with Gasteiger partial charge in [-0.3, -0.25) is 4.79 Å². The third kappa shape index (κ3) is 3.28.